The summed E-state index contributed by atoms with van der Waals surface area (Å²) in [4.78, 5) is 11.4. The summed E-state index contributed by atoms with van der Waals surface area (Å²) in [6.45, 7) is 8.16. The molecule has 21 heavy (non-hydrogen) atoms. The van der Waals surface area contributed by atoms with E-state index in [0.29, 0.717) is 5.69 Å². The van der Waals surface area contributed by atoms with Gasteiger partial charge in [-0.2, -0.15) is 0 Å². The summed E-state index contributed by atoms with van der Waals surface area (Å²) in [5.41, 5.74) is 3.89. The van der Waals surface area contributed by atoms with Crippen LogP contribution in [-0.2, 0) is 0 Å². The van der Waals surface area contributed by atoms with Gasteiger partial charge in [-0.15, -0.1) is 5.10 Å². The minimum absolute atomic E-state index is 0.0598. The minimum atomic E-state index is -1.02. The second kappa shape index (κ2) is 6.08. The van der Waals surface area contributed by atoms with Gasteiger partial charge in [-0.05, 0) is 43.9 Å². The van der Waals surface area contributed by atoms with Gasteiger partial charge in [0.15, 0.2) is 5.69 Å². The molecule has 0 saturated carbocycles. The standard InChI is InChI=1S/C16H21N3O2/c1-5-12(6-2)15-14(16(20)21)17-18-19(15)13-9-7-8-10(3)11(13)4/h7-9,12H,5-6H2,1-4H3,(H,20,21). The van der Waals surface area contributed by atoms with Gasteiger partial charge in [0.25, 0.3) is 0 Å². The Morgan fingerprint density at radius 2 is 1.95 bits per heavy atom. The highest BCUT2D eigenvalue weighted by atomic mass is 16.4. The van der Waals surface area contributed by atoms with E-state index in [2.05, 4.69) is 24.2 Å². The molecule has 1 heterocycles. The van der Waals surface area contributed by atoms with Crippen molar-refractivity contribution >= 4 is 5.97 Å². The van der Waals surface area contributed by atoms with Crippen molar-refractivity contribution < 1.29 is 9.90 Å². The highest BCUT2D eigenvalue weighted by molar-refractivity contribution is 5.86. The topological polar surface area (TPSA) is 68.0 Å². The number of aromatic nitrogens is 3. The molecule has 0 aliphatic rings. The highest BCUT2D eigenvalue weighted by Gasteiger charge is 2.25. The number of hydrogen-bond acceptors (Lipinski definition) is 3. The summed E-state index contributed by atoms with van der Waals surface area (Å²) in [5, 5.41) is 17.4. The molecule has 1 aromatic carbocycles. The highest BCUT2D eigenvalue weighted by Crippen LogP contribution is 2.29. The summed E-state index contributed by atoms with van der Waals surface area (Å²) in [6, 6.07) is 5.94. The van der Waals surface area contributed by atoms with E-state index in [1.54, 1.807) is 4.68 Å². The fourth-order valence-electron chi connectivity index (χ4n) is 2.63. The zero-order chi connectivity index (χ0) is 15.6. The molecule has 0 spiro atoms. The lowest BCUT2D eigenvalue weighted by Gasteiger charge is -2.17. The van der Waals surface area contributed by atoms with Gasteiger partial charge in [-0.25, -0.2) is 9.48 Å². The van der Waals surface area contributed by atoms with Crippen LogP contribution in [0.2, 0.25) is 0 Å². The number of benzene rings is 1. The molecular weight excluding hydrogens is 266 g/mol. The Morgan fingerprint density at radius 1 is 1.29 bits per heavy atom. The number of carboxylic acids is 1. The maximum atomic E-state index is 11.4. The van der Waals surface area contributed by atoms with E-state index in [-0.39, 0.29) is 11.6 Å². The van der Waals surface area contributed by atoms with E-state index in [0.717, 1.165) is 29.7 Å². The van der Waals surface area contributed by atoms with E-state index in [1.165, 1.54) is 0 Å². The second-order valence-electron chi connectivity index (χ2n) is 5.27. The normalized spacial score (nSPS) is 11.1. The molecule has 0 radical (unpaired) electrons. The molecule has 112 valence electrons. The van der Waals surface area contributed by atoms with Crippen molar-refractivity contribution in [2.45, 2.75) is 46.5 Å². The Hall–Kier alpha value is -2.17. The monoisotopic (exact) mass is 287 g/mol. The average Bonchev–Trinajstić information content (AvgIpc) is 2.88. The van der Waals surface area contributed by atoms with Gasteiger partial charge < -0.3 is 5.11 Å². The third-order valence-corrected chi connectivity index (χ3v) is 4.08. The van der Waals surface area contributed by atoms with Crippen molar-refractivity contribution in [3.63, 3.8) is 0 Å². The lowest BCUT2D eigenvalue weighted by Crippen LogP contribution is -2.12. The first kappa shape index (κ1) is 15.2. The molecule has 0 amide bonds. The molecule has 0 bridgehead atoms. The van der Waals surface area contributed by atoms with Crippen LogP contribution in [0, 0.1) is 13.8 Å². The number of hydrogen-bond donors (Lipinski definition) is 1. The lowest BCUT2D eigenvalue weighted by atomic mass is 9.97. The zero-order valence-electron chi connectivity index (χ0n) is 12.9. The molecule has 5 nitrogen and oxygen atoms in total. The molecule has 0 atom stereocenters. The minimum Gasteiger partial charge on any atom is -0.476 e. The summed E-state index contributed by atoms with van der Waals surface area (Å²) >= 11 is 0. The maximum Gasteiger partial charge on any atom is 0.358 e. The zero-order valence-corrected chi connectivity index (χ0v) is 12.9. The van der Waals surface area contributed by atoms with E-state index < -0.39 is 5.97 Å². The van der Waals surface area contributed by atoms with Crippen molar-refractivity contribution in [2.75, 3.05) is 0 Å². The molecule has 1 N–H and O–H groups in total. The van der Waals surface area contributed by atoms with Gasteiger partial charge in [-0.1, -0.05) is 31.2 Å². The molecule has 5 heteroatoms. The van der Waals surface area contributed by atoms with E-state index in [9.17, 15) is 9.90 Å². The van der Waals surface area contributed by atoms with Crippen LogP contribution in [-0.4, -0.2) is 26.1 Å². The van der Waals surface area contributed by atoms with Gasteiger partial charge in [-0.3, -0.25) is 0 Å². The molecule has 0 aliphatic heterocycles. The first-order valence-corrected chi connectivity index (χ1v) is 7.26. The van der Waals surface area contributed by atoms with Crippen LogP contribution in [0.15, 0.2) is 18.2 Å². The van der Waals surface area contributed by atoms with Crippen molar-refractivity contribution in [3.8, 4) is 5.69 Å². The SMILES string of the molecule is CCC(CC)c1c(C(=O)O)nnn1-c1cccc(C)c1C. The number of carboxylic acid groups (broad SMARTS) is 1. The van der Waals surface area contributed by atoms with Crippen molar-refractivity contribution in [3.05, 3.63) is 40.7 Å². The molecule has 0 unspecified atom stereocenters. The van der Waals surface area contributed by atoms with Crippen LogP contribution >= 0.6 is 0 Å². The first-order chi connectivity index (χ1) is 10.0. The van der Waals surface area contributed by atoms with Gasteiger partial charge in [0.1, 0.15) is 0 Å². The fourth-order valence-corrected chi connectivity index (χ4v) is 2.63. The van der Waals surface area contributed by atoms with Crippen LogP contribution in [0.5, 0.6) is 0 Å². The number of carbonyl (C=O) groups is 1. The fraction of sp³-hybridized carbons (Fsp3) is 0.438. The quantitative estimate of drug-likeness (QED) is 0.914. The molecule has 0 aliphatic carbocycles. The predicted octanol–water partition coefficient (Wildman–Crippen LogP) is 3.49. The molecule has 0 fully saturated rings. The molecule has 1 aromatic heterocycles. The molecule has 2 aromatic rings. The Balaban J connectivity index is 2.69. The summed E-state index contributed by atoms with van der Waals surface area (Å²) < 4.78 is 1.70. The predicted molar refractivity (Wildman–Crippen MR) is 81.1 cm³/mol. The Bertz CT molecular complexity index is 658. The Kier molecular flexibility index (Phi) is 4.40. The van der Waals surface area contributed by atoms with Crippen LogP contribution in [0.4, 0.5) is 0 Å². The van der Waals surface area contributed by atoms with Gasteiger partial charge in [0, 0.05) is 5.92 Å². The lowest BCUT2D eigenvalue weighted by molar-refractivity contribution is 0.0688. The second-order valence-corrected chi connectivity index (χ2v) is 5.27. The maximum absolute atomic E-state index is 11.4. The van der Waals surface area contributed by atoms with Gasteiger partial charge >= 0.3 is 5.97 Å². The number of rotatable bonds is 5. The van der Waals surface area contributed by atoms with Crippen molar-refractivity contribution in [1.82, 2.24) is 15.0 Å². The summed E-state index contributed by atoms with van der Waals surface area (Å²) in [6.07, 6.45) is 1.71. The summed E-state index contributed by atoms with van der Waals surface area (Å²) in [5.74, 6) is -0.889. The molecule has 2 rings (SSSR count). The average molecular weight is 287 g/mol. The first-order valence-electron chi connectivity index (χ1n) is 7.26. The third-order valence-electron chi connectivity index (χ3n) is 4.08. The Labute approximate surface area is 124 Å². The van der Waals surface area contributed by atoms with Gasteiger partial charge in [0.05, 0.1) is 11.4 Å². The van der Waals surface area contributed by atoms with Gasteiger partial charge in [0.2, 0.25) is 0 Å². The third kappa shape index (κ3) is 2.68. The number of nitrogens with zero attached hydrogens (tertiary/aromatic N) is 3. The van der Waals surface area contributed by atoms with Crippen molar-refractivity contribution in [1.29, 1.82) is 0 Å². The largest absolute Gasteiger partial charge is 0.476 e. The van der Waals surface area contributed by atoms with Crippen LogP contribution in [0.1, 0.15) is 59.9 Å². The van der Waals surface area contributed by atoms with Crippen LogP contribution in [0.3, 0.4) is 0 Å². The van der Waals surface area contributed by atoms with E-state index in [1.807, 2.05) is 32.0 Å². The number of aryl methyl sites for hydroxylation is 1. The molecular formula is C16H21N3O2. The van der Waals surface area contributed by atoms with Crippen LogP contribution < -0.4 is 0 Å². The van der Waals surface area contributed by atoms with E-state index >= 15 is 0 Å². The number of aromatic carboxylic acids is 1. The summed E-state index contributed by atoms with van der Waals surface area (Å²) in [7, 11) is 0. The van der Waals surface area contributed by atoms with Crippen molar-refractivity contribution in [2.24, 2.45) is 0 Å². The van der Waals surface area contributed by atoms with E-state index in [4.69, 9.17) is 0 Å². The smallest absolute Gasteiger partial charge is 0.358 e. The van der Waals surface area contributed by atoms with Crippen LogP contribution in [0.25, 0.3) is 5.69 Å². The molecule has 0 saturated heterocycles. The Morgan fingerprint density at radius 3 is 2.52 bits per heavy atom.